The van der Waals surface area contributed by atoms with Crippen LogP contribution in [-0.2, 0) is 19.1 Å². The van der Waals surface area contributed by atoms with E-state index in [4.69, 9.17) is 4.74 Å². The van der Waals surface area contributed by atoms with Crippen LogP contribution in [0.1, 0.15) is 34.1 Å². The number of rotatable bonds is 3. The van der Waals surface area contributed by atoms with E-state index in [0.717, 1.165) is 0 Å². The molecule has 0 aliphatic heterocycles. The fourth-order valence-electron chi connectivity index (χ4n) is 1.50. The molecule has 0 saturated heterocycles. The summed E-state index contributed by atoms with van der Waals surface area (Å²) in [5, 5.41) is 2.45. The molecule has 19 heavy (non-hydrogen) atoms. The van der Waals surface area contributed by atoms with Crippen LogP contribution in [0, 0.1) is 0 Å². The lowest BCUT2D eigenvalue weighted by molar-refractivity contribution is -0.154. The van der Waals surface area contributed by atoms with Gasteiger partial charge >= 0.3 is 5.97 Å². The van der Waals surface area contributed by atoms with E-state index in [1.807, 2.05) is 0 Å². The number of amides is 1. The van der Waals surface area contributed by atoms with Crippen LogP contribution in [0.5, 0.6) is 0 Å². The zero-order chi connectivity index (χ0) is 14.6. The Labute approximate surface area is 112 Å². The summed E-state index contributed by atoms with van der Waals surface area (Å²) in [5.41, 5.74) is 0.407. The fraction of sp³-hybridized carbons (Fsp3) is 0.500. The number of ketones is 1. The molecule has 5 heteroatoms. The van der Waals surface area contributed by atoms with E-state index in [-0.39, 0.29) is 12.3 Å². The van der Waals surface area contributed by atoms with Crippen LogP contribution in [0.2, 0.25) is 0 Å². The summed E-state index contributed by atoms with van der Waals surface area (Å²) >= 11 is 0. The van der Waals surface area contributed by atoms with Gasteiger partial charge in [0.15, 0.2) is 5.78 Å². The molecule has 0 aromatic carbocycles. The number of hydrogen-bond donors (Lipinski definition) is 1. The summed E-state index contributed by atoms with van der Waals surface area (Å²) < 4.78 is 5.06. The molecule has 1 aliphatic rings. The quantitative estimate of drug-likeness (QED) is 0.780. The highest BCUT2D eigenvalue weighted by atomic mass is 16.6. The first-order valence-corrected chi connectivity index (χ1v) is 6.11. The van der Waals surface area contributed by atoms with Crippen molar-refractivity contribution in [2.45, 2.75) is 39.7 Å². The van der Waals surface area contributed by atoms with Gasteiger partial charge < -0.3 is 10.1 Å². The molecule has 1 amide bonds. The summed E-state index contributed by atoms with van der Waals surface area (Å²) in [5.74, 6) is -1.09. The third-order valence-corrected chi connectivity index (χ3v) is 2.43. The lowest BCUT2D eigenvalue weighted by Gasteiger charge is -2.19. The first kappa shape index (κ1) is 15.1. The van der Waals surface area contributed by atoms with E-state index in [0.29, 0.717) is 17.6 Å². The SMILES string of the molecule is CC1=CCC(C(=O)NCC(=O)OC(C)(C)C)=CC1=O. The van der Waals surface area contributed by atoms with Crippen LogP contribution in [0.15, 0.2) is 23.3 Å². The van der Waals surface area contributed by atoms with Gasteiger partial charge in [-0.25, -0.2) is 0 Å². The number of esters is 1. The number of hydrogen-bond acceptors (Lipinski definition) is 4. The van der Waals surface area contributed by atoms with Gasteiger partial charge in [-0.3, -0.25) is 14.4 Å². The van der Waals surface area contributed by atoms with Crippen molar-refractivity contribution in [3.8, 4) is 0 Å². The molecule has 104 valence electrons. The summed E-state index contributed by atoms with van der Waals surface area (Å²) in [6, 6.07) is 0. The van der Waals surface area contributed by atoms with Crippen LogP contribution in [0.3, 0.4) is 0 Å². The number of nitrogens with one attached hydrogen (secondary N) is 1. The topological polar surface area (TPSA) is 72.5 Å². The van der Waals surface area contributed by atoms with Gasteiger partial charge in [0.25, 0.3) is 0 Å². The second-order valence-electron chi connectivity index (χ2n) is 5.39. The van der Waals surface area contributed by atoms with E-state index in [1.165, 1.54) is 6.08 Å². The Morgan fingerprint density at radius 1 is 1.37 bits per heavy atom. The minimum Gasteiger partial charge on any atom is -0.459 e. The molecule has 0 spiro atoms. The standard InChI is InChI=1S/C14H19NO4/c1-9-5-6-10(7-11(9)16)13(18)15-8-12(17)19-14(2,3)4/h5,7H,6,8H2,1-4H3,(H,15,18). The maximum atomic E-state index is 11.8. The van der Waals surface area contributed by atoms with Crippen LogP contribution < -0.4 is 5.32 Å². The molecule has 0 fully saturated rings. The highest BCUT2D eigenvalue weighted by molar-refractivity contribution is 6.10. The predicted octanol–water partition coefficient (Wildman–Crippen LogP) is 1.29. The first-order chi connectivity index (χ1) is 8.69. The maximum Gasteiger partial charge on any atom is 0.325 e. The van der Waals surface area contributed by atoms with Crippen molar-refractivity contribution in [3.05, 3.63) is 23.3 Å². The zero-order valence-electron chi connectivity index (χ0n) is 11.7. The van der Waals surface area contributed by atoms with Crippen molar-refractivity contribution in [1.29, 1.82) is 0 Å². The molecule has 1 aliphatic carbocycles. The average molecular weight is 265 g/mol. The molecule has 0 bridgehead atoms. The predicted molar refractivity (Wildman–Crippen MR) is 70.3 cm³/mol. The number of ether oxygens (including phenoxy) is 1. The maximum absolute atomic E-state index is 11.8. The van der Waals surface area contributed by atoms with Crippen LogP contribution in [-0.4, -0.2) is 29.8 Å². The molecule has 0 heterocycles. The highest BCUT2D eigenvalue weighted by Gasteiger charge is 2.19. The van der Waals surface area contributed by atoms with Crippen molar-refractivity contribution < 1.29 is 19.1 Å². The summed E-state index contributed by atoms with van der Waals surface area (Å²) in [6.07, 6.45) is 3.40. The molecule has 0 aromatic heterocycles. The van der Waals surface area contributed by atoms with Gasteiger partial charge in [-0.1, -0.05) is 6.08 Å². The minimum absolute atomic E-state index is 0.173. The smallest absolute Gasteiger partial charge is 0.325 e. The monoisotopic (exact) mass is 265 g/mol. The summed E-state index contributed by atoms with van der Waals surface area (Å²) in [4.78, 5) is 34.6. The zero-order valence-corrected chi connectivity index (χ0v) is 11.7. The second-order valence-corrected chi connectivity index (χ2v) is 5.39. The van der Waals surface area contributed by atoms with Crippen molar-refractivity contribution in [2.75, 3.05) is 6.54 Å². The largest absolute Gasteiger partial charge is 0.459 e. The molecule has 0 saturated carbocycles. The van der Waals surface area contributed by atoms with Gasteiger partial charge in [0.2, 0.25) is 5.91 Å². The fourth-order valence-corrected chi connectivity index (χ4v) is 1.50. The van der Waals surface area contributed by atoms with Gasteiger partial charge in [-0.2, -0.15) is 0 Å². The summed E-state index contributed by atoms with van der Waals surface area (Å²) in [7, 11) is 0. The van der Waals surface area contributed by atoms with Gasteiger partial charge in [-0.15, -0.1) is 0 Å². The Balaban J connectivity index is 2.47. The molecule has 0 unspecified atom stereocenters. The molecule has 0 atom stereocenters. The van der Waals surface area contributed by atoms with Crippen LogP contribution >= 0.6 is 0 Å². The van der Waals surface area contributed by atoms with E-state index >= 15 is 0 Å². The normalized spacial score (nSPS) is 15.5. The molecule has 1 rings (SSSR count). The van der Waals surface area contributed by atoms with Crippen molar-refractivity contribution in [2.24, 2.45) is 0 Å². The Hall–Kier alpha value is -1.91. The minimum atomic E-state index is -0.582. The molecule has 1 N–H and O–H groups in total. The third kappa shape index (κ3) is 5.07. The summed E-state index contributed by atoms with van der Waals surface area (Å²) in [6.45, 7) is 6.76. The van der Waals surface area contributed by atoms with E-state index in [9.17, 15) is 14.4 Å². The number of carbonyl (C=O) groups is 3. The molecule has 5 nitrogen and oxygen atoms in total. The van der Waals surface area contributed by atoms with E-state index in [2.05, 4.69) is 5.32 Å². The Kier molecular flexibility index (Phi) is 4.64. The Morgan fingerprint density at radius 2 is 2.00 bits per heavy atom. The Bertz CT molecular complexity index is 466. The van der Waals surface area contributed by atoms with Crippen molar-refractivity contribution in [1.82, 2.24) is 5.32 Å². The second kappa shape index (κ2) is 5.82. The average Bonchev–Trinajstić information content (AvgIpc) is 2.27. The first-order valence-electron chi connectivity index (χ1n) is 6.11. The third-order valence-electron chi connectivity index (χ3n) is 2.43. The van der Waals surface area contributed by atoms with Crippen LogP contribution in [0.4, 0.5) is 0 Å². The van der Waals surface area contributed by atoms with E-state index in [1.54, 1.807) is 33.8 Å². The van der Waals surface area contributed by atoms with Crippen molar-refractivity contribution >= 4 is 17.7 Å². The highest BCUT2D eigenvalue weighted by Crippen LogP contribution is 2.14. The van der Waals surface area contributed by atoms with Gasteiger partial charge in [-0.05, 0) is 45.8 Å². The van der Waals surface area contributed by atoms with Gasteiger partial charge in [0.05, 0.1) is 0 Å². The lowest BCUT2D eigenvalue weighted by Crippen LogP contribution is -2.35. The van der Waals surface area contributed by atoms with Crippen LogP contribution in [0.25, 0.3) is 0 Å². The number of carbonyl (C=O) groups excluding carboxylic acids is 3. The molecular weight excluding hydrogens is 246 g/mol. The Morgan fingerprint density at radius 3 is 2.53 bits per heavy atom. The molecular formula is C14H19NO4. The van der Waals surface area contributed by atoms with Crippen molar-refractivity contribution in [3.63, 3.8) is 0 Å². The number of allylic oxidation sites excluding steroid dienone is 3. The molecule has 0 radical (unpaired) electrons. The lowest BCUT2D eigenvalue weighted by atomic mass is 9.99. The van der Waals surface area contributed by atoms with Gasteiger partial charge in [0.1, 0.15) is 12.1 Å². The van der Waals surface area contributed by atoms with E-state index < -0.39 is 17.5 Å². The van der Waals surface area contributed by atoms with Gasteiger partial charge in [0, 0.05) is 5.57 Å². The molecule has 0 aromatic rings.